The minimum Gasteiger partial charge on any atom is -0.489 e. The predicted molar refractivity (Wildman–Crippen MR) is 119 cm³/mol. The number of anilines is 1. The second-order valence-corrected chi connectivity index (χ2v) is 8.59. The topological polar surface area (TPSA) is 71.1 Å². The zero-order valence-electron chi connectivity index (χ0n) is 15.9. The Labute approximate surface area is 181 Å². The molecule has 150 valence electrons. The molecule has 0 aliphatic carbocycles. The van der Waals surface area contributed by atoms with Crippen LogP contribution in [-0.2, 0) is 4.79 Å². The first-order valence-electron chi connectivity index (χ1n) is 9.47. The minimum atomic E-state index is -0.178. The van der Waals surface area contributed by atoms with Gasteiger partial charge in [-0.2, -0.15) is 0 Å². The molecule has 0 bridgehead atoms. The summed E-state index contributed by atoms with van der Waals surface area (Å²) in [6.07, 6.45) is 0. The number of para-hydroxylation sites is 2. The number of fused-ring (bicyclic) bond motifs is 1. The molecule has 8 heteroatoms. The van der Waals surface area contributed by atoms with Crippen molar-refractivity contribution in [2.45, 2.75) is 11.2 Å². The van der Waals surface area contributed by atoms with Gasteiger partial charge in [0.05, 0.1) is 22.4 Å². The Balaban J connectivity index is 1.38. The summed E-state index contributed by atoms with van der Waals surface area (Å²) < 4.78 is 5.95. The zero-order valence-corrected chi connectivity index (χ0v) is 17.5. The Morgan fingerprint density at radius 3 is 2.80 bits per heavy atom. The number of amides is 1. The van der Waals surface area contributed by atoms with Crippen LogP contribution in [0.25, 0.3) is 10.7 Å². The van der Waals surface area contributed by atoms with Gasteiger partial charge in [-0.25, -0.2) is 4.98 Å². The lowest BCUT2D eigenvalue weighted by Crippen LogP contribution is -2.42. The molecule has 2 aromatic heterocycles. The number of hydrogen-bond donors (Lipinski definition) is 1. The number of thiophene rings is 1. The molecule has 0 fully saturated rings. The monoisotopic (exact) mass is 434 g/mol. The molecule has 1 aliphatic heterocycles. The molecule has 5 rings (SSSR count). The molecule has 2 aromatic carbocycles. The molecule has 4 aromatic rings. The number of hydrogen-bond acceptors (Lipinski definition) is 6. The van der Waals surface area contributed by atoms with E-state index in [2.05, 4.69) is 15.2 Å². The van der Waals surface area contributed by atoms with E-state index in [0.29, 0.717) is 11.8 Å². The molecular weight excluding hydrogens is 416 g/mol. The molecule has 3 heterocycles. The van der Waals surface area contributed by atoms with Gasteiger partial charge in [0.1, 0.15) is 12.4 Å². The summed E-state index contributed by atoms with van der Waals surface area (Å²) >= 11 is 2.93. The molecule has 0 radical (unpaired) electrons. The van der Waals surface area contributed by atoms with Gasteiger partial charge in [-0.3, -0.25) is 14.8 Å². The van der Waals surface area contributed by atoms with Crippen LogP contribution < -0.4 is 9.64 Å². The van der Waals surface area contributed by atoms with Crippen molar-refractivity contribution in [1.29, 1.82) is 0 Å². The van der Waals surface area contributed by atoms with Crippen molar-refractivity contribution in [3.05, 3.63) is 77.7 Å². The van der Waals surface area contributed by atoms with E-state index in [1.807, 2.05) is 77.0 Å². The van der Waals surface area contributed by atoms with E-state index < -0.39 is 0 Å². The van der Waals surface area contributed by atoms with Crippen LogP contribution in [0.4, 0.5) is 5.69 Å². The van der Waals surface area contributed by atoms with Crippen molar-refractivity contribution in [2.75, 3.05) is 17.3 Å². The summed E-state index contributed by atoms with van der Waals surface area (Å²) in [6.45, 7) is 0.417. The van der Waals surface area contributed by atoms with Gasteiger partial charge in [0, 0.05) is 0 Å². The highest BCUT2D eigenvalue weighted by Gasteiger charge is 2.33. The second-order valence-electron chi connectivity index (χ2n) is 6.70. The fourth-order valence-corrected chi connectivity index (χ4v) is 4.77. The van der Waals surface area contributed by atoms with Crippen LogP contribution in [0.2, 0.25) is 0 Å². The molecule has 0 saturated heterocycles. The number of H-pyrrole nitrogens is 1. The lowest BCUT2D eigenvalue weighted by molar-refractivity contribution is -0.117. The number of ether oxygens (including phenoxy) is 1. The molecule has 1 N–H and O–H groups in total. The smallest absolute Gasteiger partial charge is 0.238 e. The van der Waals surface area contributed by atoms with Crippen LogP contribution in [-0.4, -0.2) is 33.4 Å². The van der Waals surface area contributed by atoms with Gasteiger partial charge in [-0.15, -0.1) is 16.4 Å². The highest BCUT2D eigenvalue weighted by atomic mass is 32.2. The van der Waals surface area contributed by atoms with E-state index in [1.165, 1.54) is 11.8 Å². The van der Waals surface area contributed by atoms with Crippen molar-refractivity contribution in [2.24, 2.45) is 0 Å². The first kappa shape index (κ1) is 18.9. The van der Waals surface area contributed by atoms with Gasteiger partial charge in [0.15, 0.2) is 5.82 Å². The molecule has 1 amide bonds. The van der Waals surface area contributed by atoms with E-state index in [9.17, 15) is 4.79 Å². The van der Waals surface area contributed by atoms with Crippen LogP contribution >= 0.6 is 23.1 Å². The average molecular weight is 435 g/mol. The Morgan fingerprint density at radius 2 is 1.97 bits per heavy atom. The summed E-state index contributed by atoms with van der Waals surface area (Å²) in [5.41, 5.74) is 1.83. The van der Waals surface area contributed by atoms with Gasteiger partial charge in [-0.05, 0) is 29.1 Å². The molecular formula is C22H18N4O2S2. The predicted octanol–water partition coefficient (Wildman–Crippen LogP) is 4.79. The van der Waals surface area contributed by atoms with Crippen molar-refractivity contribution >= 4 is 34.7 Å². The number of thioether (sulfide) groups is 1. The number of rotatable bonds is 5. The maximum Gasteiger partial charge on any atom is 0.238 e. The molecule has 0 spiro atoms. The number of nitrogens with zero attached hydrogens (tertiary/aromatic N) is 3. The molecule has 6 nitrogen and oxygen atoms in total. The Hall–Kier alpha value is -3.10. The van der Waals surface area contributed by atoms with E-state index in [-0.39, 0.29) is 17.7 Å². The van der Waals surface area contributed by atoms with Crippen LogP contribution in [0.1, 0.15) is 11.6 Å². The van der Waals surface area contributed by atoms with Crippen LogP contribution in [0.15, 0.2) is 77.3 Å². The van der Waals surface area contributed by atoms with Crippen molar-refractivity contribution in [1.82, 2.24) is 15.2 Å². The van der Waals surface area contributed by atoms with Crippen LogP contribution in [0.5, 0.6) is 5.75 Å². The summed E-state index contributed by atoms with van der Waals surface area (Å²) in [6, 6.07) is 21.4. The summed E-state index contributed by atoms with van der Waals surface area (Å²) in [7, 11) is 0. The van der Waals surface area contributed by atoms with Gasteiger partial charge < -0.3 is 4.74 Å². The molecule has 1 aliphatic rings. The summed E-state index contributed by atoms with van der Waals surface area (Å²) in [5.74, 6) is 1.67. The quantitative estimate of drug-likeness (QED) is 0.457. The lowest BCUT2D eigenvalue weighted by atomic mass is 10.0. The highest BCUT2D eigenvalue weighted by Crippen LogP contribution is 2.39. The second kappa shape index (κ2) is 8.33. The number of aromatic amines is 1. The Morgan fingerprint density at radius 1 is 1.13 bits per heavy atom. The van der Waals surface area contributed by atoms with E-state index in [1.54, 1.807) is 11.3 Å². The van der Waals surface area contributed by atoms with E-state index in [4.69, 9.17) is 4.74 Å². The van der Waals surface area contributed by atoms with Crippen molar-refractivity contribution in [3.8, 4) is 16.5 Å². The zero-order chi connectivity index (χ0) is 20.3. The number of carbonyl (C=O) groups is 1. The maximum atomic E-state index is 13.3. The number of nitrogens with one attached hydrogen (secondary N) is 1. The highest BCUT2D eigenvalue weighted by molar-refractivity contribution is 7.99. The molecule has 0 saturated carbocycles. The van der Waals surface area contributed by atoms with Gasteiger partial charge >= 0.3 is 0 Å². The average Bonchev–Trinajstić information content (AvgIpc) is 3.49. The third-order valence-corrected chi connectivity index (χ3v) is 6.54. The number of aromatic nitrogens is 3. The fourth-order valence-electron chi connectivity index (χ4n) is 3.45. The molecule has 1 atom stereocenters. The Kier molecular flexibility index (Phi) is 5.25. The molecule has 30 heavy (non-hydrogen) atoms. The van der Waals surface area contributed by atoms with E-state index in [0.717, 1.165) is 27.7 Å². The Bertz CT molecular complexity index is 1140. The first-order valence-corrected chi connectivity index (χ1v) is 11.3. The fraction of sp³-hybridized carbons (Fsp3) is 0.136. The minimum absolute atomic E-state index is 0.00734. The van der Waals surface area contributed by atoms with Gasteiger partial charge in [0.2, 0.25) is 11.1 Å². The first-order chi connectivity index (χ1) is 14.8. The normalized spacial score (nSPS) is 15.5. The van der Waals surface area contributed by atoms with Crippen LogP contribution in [0, 0.1) is 0 Å². The van der Waals surface area contributed by atoms with Crippen LogP contribution in [0.3, 0.4) is 0 Å². The third kappa shape index (κ3) is 3.71. The maximum absolute atomic E-state index is 13.3. The van der Waals surface area contributed by atoms with E-state index >= 15 is 0 Å². The third-order valence-electron chi connectivity index (χ3n) is 4.83. The molecule has 0 unspecified atom stereocenters. The lowest BCUT2D eigenvalue weighted by Gasteiger charge is -2.37. The number of carbonyl (C=O) groups excluding carboxylic acids is 1. The number of benzene rings is 2. The summed E-state index contributed by atoms with van der Waals surface area (Å²) in [5, 5.41) is 9.75. The standard InChI is InChI=1S/C22H18N4O2S2/c27-20(14-30-22-23-21(24-25-22)19-11-6-12-29-19)26-16-9-4-5-10-18(16)28-13-17(26)15-7-2-1-3-8-15/h1-12,17H,13-14H2,(H,23,24,25)/t17-/m1/s1. The van der Waals surface area contributed by atoms with Gasteiger partial charge in [0.25, 0.3) is 0 Å². The summed E-state index contributed by atoms with van der Waals surface area (Å²) in [4.78, 5) is 20.7. The SMILES string of the molecule is O=C(CSc1n[nH]c(-c2cccs2)n1)N1c2ccccc2OC[C@@H]1c1ccccc1. The van der Waals surface area contributed by atoms with Gasteiger partial charge in [-0.1, -0.05) is 60.3 Å². The largest absolute Gasteiger partial charge is 0.489 e. The van der Waals surface area contributed by atoms with Crippen molar-refractivity contribution < 1.29 is 9.53 Å². The van der Waals surface area contributed by atoms with Crippen molar-refractivity contribution in [3.63, 3.8) is 0 Å².